The molecule has 5 heteroatoms. The summed E-state index contributed by atoms with van der Waals surface area (Å²) in [5.41, 5.74) is 2.17. The molecule has 1 amide bonds. The highest BCUT2D eigenvalue weighted by Crippen LogP contribution is 2.22. The van der Waals surface area contributed by atoms with Gasteiger partial charge in [0.1, 0.15) is 6.10 Å². The van der Waals surface area contributed by atoms with Gasteiger partial charge in [-0.15, -0.1) is 0 Å². The molecule has 1 atom stereocenters. The van der Waals surface area contributed by atoms with Crippen LogP contribution in [0.1, 0.15) is 17.2 Å². The molecule has 1 aliphatic rings. The largest absolute Gasteiger partial charge is 0.370 e. The normalized spacial score (nSPS) is 19.0. The molecule has 3 rings (SSSR count). The number of thiophene rings is 1. The van der Waals surface area contributed by atoms with Crippen LogP contribution in [0.5, 0.6) is 0 Å². The van der Waals surface area contributed by atoms with Crippen LogP contribution in [0.3, 0.4) is 0 Å². The van der Waals surface area contributed by atoms with Crippen molar-refractivity contribution in [3.63, 3.8) is 0 Å². The van der Waals surface area contributed by atoms with E-state index in [1.165, 1.54) is 0 Å². The van der Waals surface area contributed by atoms with Gasteiger partial charge in [-0.25, -0.2) is 0 Å². The van der Waals surface area contributed by atoms with Gasteiger partial charge in [0, 0.05) is 18.9 Å². The van der Waals surface area contributed by atoms with Crippen molar-refractivity contribution in [3.05, 3.63) is 52.5 Å². The second-order valence-corrected chi connectivity index (χ2v) is 5.57. The fourth-order valence-corrected chi connectivity index (χ4v) is 3.00. The number of rotatable bonds is 3. The van der Waals surface area contributed by atoms with Crippen molar-refractivity contribution in [3.8, 4) is 0 Å². The van der Waals surface area contributed by atoms with E-state index in [2.05, 4.69) is 4.98 Å². The summed E-state index contributed by atoms with van der Waals surface area (Å²) in [6, 6.07) is 5.89. The van der Waals surface area contributed by atoms with Crippen molar-refractivity contribution in [1.82, 2.24) is 9.88 Å². The first-order valence-electron chi connectivity index (χ1n) is 6.63. The lowest BCUT2D eigenvalue weighted by Crippen LogP contribution is -2.42. The first-order chi connectivity index (χ1) is 9.83. The van der Waals surface area contributed by atoms with E-state index >= 15 is 0 Å². The van der Waals surface area contributed by atoms with Gasteiger partial charge in [0.05, 0.1) is 19.6 Å². The molecule has 0 spiro atoms. The molecule has 2 aromatic rings. The summed E-state index contributed by atoms with van der Waals surface area (Å²) >= 11 is 1.62. The molecule has 0 N–H and O–H groups in total. The molecular weight excluding hydrogens is 272 g/mol. The van der Waals surface area contributed by atoms with Crippen LogP contribution in [-0.4, -0.2) is 35.5 Å². The Labute approximate surface area is 122 Å². The van der Waals surface area contributed by atoms with Gasteiger partial charge in [0.25, 0.3) is 0 Å². The minimum Gasteiger partial charge on any atom is -0.370 e. The molecule has 0 aliphatic carbocycles. The highest BCUT2D eigenvalue weighted by Gasteiger charge is 2.25. The van der Waals surface area contributed by atoms with Crippen molar-refractivity contribution in [2.75, 3.05) is 19.7 Å². The summed E-state index contributed by atoms with van der Waals surface area (Å²) in [7, 11) is 0. The molecule has 3 heterocycles. The molecule has 0 radical (unpaired) electrons. The Kier molecular flexibility index (Phi) is 4.08. The number of carbonyl (C=O) groups is 1. The van der Waals surface area contributed by atoms with Crippen molar-refractivity contribution in [2.45, 2.75) is 12.5 Å². The summed E-state index contributed by atoms with van der Waals surface area (Å²) in [5.74, 6) is 0.172. The van der Waals surface area contributed by atoms with Crippen molar-refractivity contribution < 1.29 is 9.53 Å². The number of carbonyl (C=O) groups excluding carboxylic acids is 1. The first-order valence-corrected chi connectivity index (χ1v) is 7.57. The highest BCUT2D eigenvalue weighted by molar-refractivity contribution is 7.07. The Morgan fingerprint density at radius 3 is 3.00 bits per heavy atom. The van der Waals surface area contributed by atoms with Gasteiger partial charge in [-0.05, 0) is 40.1 Å². The van der Waals surface area contributed by atoms with Gasteiger partial charge in [-0.3, -0.25) is 9.78 Å². The molecule has 0 saturated carbocycles. The van der Waals surface area contributed by atoms with E-state index < -0.39 is 0 Å². The quantitative estimate of drug-likeness (QED) is 0.870. The van der Waals surface area contributed by atoms with Crippen LogP contribution in [0.2, 0.25) is 0 Å². The van der Waals surface area contributed by atoms with Crippen LogP contribution in [0, 0.1) is 0 Å². The minimum absolute atomic E-state index is 0.0434. The second-order valence-electron chi connectivity index (χ2n) is 4.79. The smallest absolute Gasteiger partial charge is 0.227 e. The Morgan fingerprint density at radius 1 is 1.40 bits per heavy atom. The van der Waals surface area contributed by atoms with E-state index in [1.807, 2.05) is 33.9 Å². The number of morpholine rings is 1. The zero-order valence-electron chi connectivity index (χ0n) is 11.1. The van der Waals surface area contributed by atoms with Crippen molar-refractivity contribution in [1.29, 1.82) is 0 Å². The summed E-state index contributed by atoms with van der Waals surface area (Å²) < 4.78 is 5.76. The van der Waals surface area contributed by atoms with Crippen LogP contribution >= 0.6 is 11.3 Å². The lowest BCUT2D eigenvalue weighted by molar-refractivity contribution is -0.138. The molecule has 2 aromatic heterocycles. The minimum atomic E-state index is -0.0434. The van der Waals surface area contributed by atoms with Crippen LogP contribution in [0.25, 0.3) is 0 Å². The summed E-state index contributed by atoms with van der Waals surface area (Å²) in [4.78, 5) is 18.2. The Hall–Kier alpha value is -1.72. The molecule has 0 bridgehead atoms. The number of hydrogen-bond donors (Lipinski definition) is 0. The fourth-order valence-electron chi connectivity index (χ4n) is 2.34. The average Bonchev–Trinajstić information content (AvgIpc) is 3.01. The first kappa shape index (κ1) is 13.3. The van der Waals surface area contributed by atoms with Gasteiger partial charge in [-0.2, -0.15) is 11.3 Å². The predicted molar refractivity (Wildman–Crippen MR) is 77.5 cm³/mol. The lowest BCUT2D eigenvalue weighted by atomic mass is 10.1. The van der Waals surface area contributed by atoms with E-state index in [-0.39, 0.29) is 12.0 Å². The van der Waals surface area contributed by atoms with Crippen LogP contribution in [0.4, 0.5) is 0 Å². The molecule has 1 saturated heterocycles. The summed E-state index contributed by atoms with van der Waals surface area (Å²) in [6.45, 7) is 1.87. The maximum Gasteiger partial charge on any atom is 0.227 e. The predicted octanol–water partition coefficient (Wildman–Crippen LogP) is 2.29. The Balaban J connectivity index is 1.64. The number of ether oxygens (including phenoxy) is 1. The van der Waals surface area contributed by atoms with E-state index in [0.717, 1.165) is 11.1 Å². The van der Waals surface area contributed by atoms with Crippen LogP contribution in [0.15, 0.2) is 41.4 Å². The maximum atomic E-state index is 12.3. The number of amides is 1. The van der Waals surface area contributed by atoms with Gasteiger partial charge in [0.15, 0.2) is 0 Å². The SMILES string of the molecule is O=C(Cc1ccsc1)N1CCO[C@@H](c2ccncc2)C1. The highest BCUT2D eigenvalue weighted by atomic mass is 32.1. The average molecular weight is 288 g/mol. The third-order valence-corrected chi connectivity index (χ3v) is 4.16. The fraction of sp³-hybridized carbons (Fsp3) is 0.333. The lowest BCUT2D eigenvalue weighted by Gasteiger charge is -2.33. The van der Waals surface area contributed by atoms with Gasteiger partial charge in [-0.1, -0.05) is 0 Å². The zero-order valence-corrected chi connectivity index (χ0v) is 11.9. The summed E-state index contributed by atoms with van der Waals surface area (Å²) in [5, 5.41) is 4.03. The molecule has 20 heavy (non-hydrogen) atoms. The number of pyridine rings is 1. The molecule has 4 nitrogen and oxygen atoms in total. The standard InChI is InChI=1S/C15H16N2O2S/c18-15(9-12-3-8-20-11-12)17-6-7-19-14(10-17)13-1-4-16-5-2-13/h1-5,8,11,14H,6-7,9-10H2/t14-/m1/s1. The zero-order chi connectivity index (χ0) is 13.8. The molecule has 0 aromatic carbocycles. The van der Waals surface area contributed by atoms with Crippen molar-refractivity contribution >= 4 is 17.2 Å². The molecule has 104 valence electrons. The Morgan fingerprint density at radius 2 is 2.25 bits per heavy atom. The van der Waals surface area contributed by atoms with Crippen LogP contribution in [-0.2, 0) is 16.0 Å². The molecule has 1 fully saturated rings. The van der Waals surface area contributed by atoms with E-state index in [4.69, 9.17) is 4.74 Å². The van der Waals surface area contributed by atoms with E-state index in [0.29, 0.717) is 26.1 Å². The topological polar surface area (TPSA) is 42.4 Å². The maximum absolute atomic E-state index is 12.3. The van der Waals surface area contributed by atoms with Crippen LogP contribution < -0.4 is 0 Å². The molecule has 1 aliphatic heterocycles. The number of aromatic nitrogens is 1. The third-order valence-electron chi connectivity index (χ3n) is 3.43. The second kappa shape index (κ2) is 6.15. The number of hydrogen-bond acceptors (Lipinski definition) is 4. The monoisotopic (exact) mass is 288 g/mol. The van der Waals surface area contributed by atoms with E-state index in [9.17, 15) is 4.79 Å². The third kappa shape index (κ3) is 3.05. The molecule has 0 unspecified atom stereocenters. The van der Waals surface area contributed by atoms with Gasteiger partial charge < -0.3 is 9.64 Å². The Bertz CT molecular complexity index is 557. The van der Waals surface area contributed by atoms with Crippen molar-refractivity contribution in [2.24, 2.45) is 0 Å². The van der Waals surface area contributed by atoms with Gasteiger partial charge >= 0.3 is 0 Å². The van der Waals surface area contributed by atoms with Gasteiger partial charge in [0.2, 0.25) is 5.91 Å². The van der Waals surface area contributed by atoms with E-state index in [1.54, 1.807) is 23.7 Å². The summed E-state index contributed by atoms with van der Waals surface area (Å²) in [6.07, 6.45) is 3.94. The number of nitrogens with zero attached hydrogens (tertiary/aromatic N) is 2. The molecular formula is C15H16N2O2S.